The summed E-state index contributed by atoms with van der Waals surface area (Å²) in [7, 11) is 0. The van der Waals surface area contributed by atoms with Gasteiger partial charge in [0.15, 0.2) is 0 Å². The fraction of sp³-hybridized carbons (Fsp3) is 0.583. The molecule has 0 atom stereocenters. The lowest BCUT2D eigenvalue weighted by Gasteiger charge is -2.12. The molecule has 0 spiro atoms. The van der Waals surface area contributed by atoms with E-state index in [-0.39, 0.29) is 0 Å². The van der Waals surface area contributed by atoms with Crippen molar-refractivity contribution in [2.45, 2.75) is 42.9 Å². The maximum Gasteiger partial charge on any atom is 0.146 e. The van der Waals surface area contributed by atoms with Crippen molar-refractivity contribution in [3.63, 3.8) is 0 Å². The predicted octanol–water partition coefficient (Wildman–Crippen LogP) is 4.85. The first-order valence-electron chi connectivity index (χ1n) is 5.97. The second-order valence-electron chi connectivity index (χ2n) is 4.16. The number of hydrogen-bond donors (Lipinski definition) is 1. The van der Waals surface area contributed by atoms with E-state index in [9.17, 15) is 0 Å². The molecular weight excluding hydrogens is 275 g/mol. The minimum Gasteiger partial charge on any atom is -0.369 e. The molecule has 1 heterocycles. The minimum atomic E-state index is 0.590. The van der Waals surface area contributed by atoms with Crippen molar-refractivity contribution in [1.82, 2.24) is 4.98 Å². The van der Waals surface area contributed by atoms with Crippen LogP contribution in [0.3, 0.4) is 0 Å². The number of pyridine rings is 1. The first-order valence-corrected chi connectivity index (χ1v) is 7.61. The van der Waals surface area contributed by atoms with Crippen LogP contribution in [0.2, 0.25) is 10.0 Å². The van der Waals surface area contributed by atoms with Crippen molar-refractivity contribution in [3.8, 4) is 0 Å². The number of halogens is 2. The first-order chi connectivity index (χ1) is 8.20. The maximum atomic E-state index is 6.18. The van der Waals surface area contributed by atoms with Crippen LogP contribution in [0, 0.1) is 0 Å². The third-order valence-corrected chi connectivity index (χ3v) is 4.85. The van der Waals surface area contributed by atoms with Crippen LogP contribution < -0.4 is 5.32 Å². The van der Waals surface area contributed by atoms with Crippen molar-refractivity contribution < 1.29 is 0 Å². The molecule has 5 heteroatoms. The van der Waals surface area contributed by atoms with Gasteiger partial charge in [0.1, 0.15) is 10.8 Å². The summed E-state index contributed by atoms with van der Waals surface area (Å²) >= 11 is 14.0. The van der Waals surface area contributed by atoms with Gasteiger partial charge in [-0.1, -0.05) is 36.0 Å². The van der Waals surface area contributed by atoms with Crippen LogP contribution in [-0.2, 0) is 0 Å². The standard InChI is InChI=1S/C12H16Cl2N2S/c1-2-15-11-9(13)7-10(14)12(16-11)17-8-5-3-4-6-8/h7-8H,2-6H2,1H3,(H,15,16). The normalized spacial score (nSPS) is 16.4. The Labute approximate surface area is 116 Å². The summed E-state index contributed by atoms with van der Waals surface area (Å²) in [6.45, 7) is 2.83. The molecule has 2 rings (SSSR count). The molecule has 0 bridgehead atoms. The molecule has 1 fully saturated rings. The van der Waals surface area contributed by atoms with Gasteiger partial charge >= 0.3 is 0 Å². The molecule has 0 amide bonds. The first kappa shape index (κ1) is 13.3. The number of nitrogens with zero attached hydrogens (tertiary/aromatic N) is 1. The molecule has 1 aromatic rings. The molecule has 1 aliphatic rings. The van der Waals surface area contributed by atoms with Crippen molar-refractivity contribution in [1.29, 1.82) is 0 Å². The summed E-state index contributed by atoms with van der Waals surface area (Å²) in [6.07, 6.45) is 5.18. The van der Waals surface area contributed by atoms with Crippen LogP contribution >= 0.6 is 35.0 Å². The summed E-state index contributed by atoms with van der Waals surface area (Å²) < 4.78 is 0. The highest BCUT2D eigenvalue weighted by atomic mass is 35.5. The number of nitrogens with one attached hydrogen (secondary N) is 1. The maximum absolute atomic E-state index is 6.18. The van der Waals surface area contributed by atoms with Gasteiger partial charge in [-0.05, 0) is 25.8 Å². The Kier molecular flexibility index (Phi) is 4.83. The lowest BCUT2D eigenvalue weighted by atomic mass is 10.4. The molecule has 1 saturated carbocycles. The van der Waals surface area contributed by atoms with E-state index in [4.69, 9.17) is 23.2 Å². The van der Waals surface area contributed by atoms with Crippen molar-refractivity contribution >= 4 is 40.8 Å². The molecule has 0 saturated heterocycles. The third kappa shape index (κ3) is 3.43. The van der Waals surface area contributed by atoms with Crippen molar-refractivity contribution in [2.75, 3.05) is 11.9 Å². The van der Waals surface area contributed by atoms with E-state index in [1.165, 1.54) is 25.7 Å². The minimum absolute atomic E-state index is 0.590. The lowest BCUT2D eigenvalue weighted by Crippen LogP contribution is -2.02. The van der Waals surface area contributed by atoms with E-state index in [2.05, 4.69) is 10.3 Å². The van der Waals surface area contributed by atoms with Crippen LogP contribution in [-0.4, -0.2) is 16.8 Å². The summed E-state index contributed by atoms with van der Waals surface area (Å²) in [5.41, 5.74) is 0. The van der Waals surface area contributed by atoms with Crippen LogP contribution in [0.4, 0.5) is 5.82 Å². The van der Waals surface area contributed by atoms with Gasteiger partial charge in [0.25, 0.3) is 0 Å². The monoisotopic (exact) mass is 290 g/mol. The van der Waals surface area contributed by atoms with Crippen LogP contribution in [0.5, 0.6) is 0 Å². The Morgan fingerprint density at radius 3 is 2.71 bits per heavy atom. The highest BCUT2D eigenvalue weighted by molar-refractivity contribution is 8.00. The molecule has 0 aromatic carbocycles. The smallest absolute Gasteiger partial charge is 0.146 e. The zero-order valence-electron chi connectivity index (χ0n) is 9.80. The van der Waals surface area contributed by atoms with E-state index in [0.29, 0.717) is 15.3 Å². The van der Waals surface area contributed by atoms with E-state index < -0.39 is 0 Å². The van der Waals surface area contributed by atoms with Crippen LogP contribution in [0.25, 0.3) is 0 Å². The molecule has 0 radical (unpaired) electrons. The fourth-order valence-corrected chi connectivity index (χ4v) is 3.75. The average molecular weight is 291 g/mol. The average Bonchev–Trinajstić information content (AvgIpc) is 2.78. The topological polar surface area (TPSA) is 24.9 Å². The van der Waals surface area contributed by atoms with Crippen molar-refractivity contribution in [2.24, 2.45) is 0 Å². The molecular formula is C12H16Cl2N2S. The van der Waals surface area contributed by atoms with Gasteiger partial charge in [-0.15, -0.1) is 11.8 Å². The van der Waals surface area contributed by atoms with Crippen molar-refractivity contribution in [3.05, 3.63) is 16.1 Å². The molecule has 0 unspecified atom stereocenters. The Morgan fingerprint density at radius 1 is 1.35 bits per heavy atom. The number of thioether (sulfide) groups is 1. The van der Waals surface area contributed by atoms with Gasteiger partial charge in [0, 0.05) is 11.8 Å². The summed E-state index contributed by atoms with van der Waals surface area (Å²) in [5, 5.41) is 5.97. The quantitative estimate of drug-likeness (QED) is 0.858. The Morgan fingerprint density at radius 2 is 2.06 bits per heavy atom. The van der Waals surface area contributed by atoms with E-state index >= 15 is 0 Å². The Bertz CT molecular complexity index is 392. The lowest BCUT2D eigenvalue weighted by molar-refractivity contribution is 0.886. The van der Waals surface area contributed by atoms with E-state index in [1.54, 1.807) is 17.8 Å². The van der Waals surface area contributed by atoms with E-state index in [1.807, 2.05) is 6.92 Å². The SMILES string of the molecule is CCNc1nc(SC2CCCC2)c(Cl)cc1Cl. The molecule has 1 aromatic heterocycles. The number of rotatable bonds is 4. The van der Waals surface area contributed by atoms with Gasteiger partial charge in [-0.3, -0.25) is 0 Å². The number of anilines is 1. The molecule has 17 heavy (non-hydrogen) atoms. The zero-order chi connectivity index (χ0) is 12.3. The van der Waals surface area contributed by atoms with Gasteiger partial charge in [-0.2, -0.15) is 0 Å². The molecule has 2 nitrogen and oxygen atoms in total. The highest BCUT2D eigenvalue weighted by Gasteiger charge is 2.19. The summed E-state index contributed by atoms with van der Waals surface area (Å²) in [5.74, 6) is 0.735. The molecule has 94 valence electrons. The molecule has 1 aliphatic carbocycles. The molecule has 0 aliphatic heterocycles. The van der Waals surface area contributed by atoms with Gasteiger partial charge in [0.2, 0.25) is 0 Å². The predicted molar refractivity (Wildman–Crippen MR) is 76.5 cm³/mol. The fourth-order valence-electron chi connectivity index (χ4n) is 1.99. The number of aromatic nitrogens is 1. The largest absolute Gasteiger partial charge is 0.369 e. The Hall–Kier alpha value is -0.120. The summed E-state index contributed by atoms with van der Waals surface area (Å²) in [4.78, 5) is 4.51. The van der Waals surface area contributed by atoms with Gasteiger partial charge < -0.3 is 5.32 Å². The third-order valence-electron chi connectivity index (χ3n) is 2.82. The second kappa shape index (κ2) is 6.17. The van der Waals surface area contributed by atoms with Crippen LogP contribution in [0.15, 0.2) is 11.1 Å². The number of hydrogen-bond acceptors (Lipinski definition) is 3. The van der Waals surface area contributed by atoms with E-state index in [0.717, 1.165) is 17.4 Å². The second-order valence-corrected chi connectivity index (χ2v) is 6.26. The Balaban J connectivity index is 2.16. The molecule has 1 N–H and O–H groups in total. The highest BCUT2D eigenvalue weighted by Crippen LogP contribution is 2.39. The van der Waals surface area contributed by atoms with Gasteiger partial charge in [0.05, 0.1) is 10.0 Å². The summed E-state index contributed by atoms with van der Waals surface area (Å²) in [6, 6.07) is 1.78. The van der Waals surface area contributed by atoms with Crippen LogP contribution in [0.1, 0.15) is 32.6 Å². The zero-order valence-corrected chi connectivity index (χ0v) is 12.1. The van der Waals surface area contributed by atoms with Gasteiger partial charge in [-0.25, -0.2) is 4.98 Å².